The monoisotopic (exact) mass is 520 g/mol. The molecule has 0 saturated carbocycles. The number of pyridine rings is 1. The second kappa shape index (κ2) is 10.2. The zero-order chi connectivity index (χ0) is 25.3. The van der Waals surface area contributed by atoms with E-state index in [1.165, 1.54) is 0 Å². The fourth-order valence-electron chi connectivity index (χ4n) is 4.07. The maximum atomic E-state index is 12.3. The van der Waals surface area contributed by atoms with Gasteiger partial charge in [0.05, 0.1) is 22.8 Å². The number of hydrogen-bond acceptors (Lipinski definition) is 6. The third kappa shape index (κ3) is 5.83. The lowest BCUT2D eigenvalue weighted by molar-refractivity contribution is 0.00990. The molecule has 1 fully saturated rings. The number of amides is 1. The standard InChI is InChI=1S/C25H30Cl2N4O4/c1-25(2,3)35-24(33)30-11-9-29(10-12-30)15-19(32)18-14-31-8-7-16(13-21(31)28-18)22-20(34-4)6-5-17(26)23(22)27/h5-8,13-14,19,32H,9-12,15H2,1-4H3. The van der Waals surface area contributed by atoms with Crippen molar-refractivity contribution in [2.75, 3.05) is 39.8 Å². The molecule has 4 rings (SSSR count). The molecule has 1 aliphatic heterocycles. The molecule has 10 heteroatoms. The minimum Gasteiger partial charge on any atom is -0.496 e. The van der Waals surface area contributed by atoms with Crippen molar-refractivity contribution in [2.24, 2.45) is 0 Å². The minimum absolute atomic E-state index is 0.301. The Morgan fingerprint density at radius 3 is 2.54 bits per heavy atom. The van der Waals surface area contributed by atoms with Crippen LogP contribution in [0, 0.1) is 0 Å². The smallest absolute Gasteiger partial charge is 0.410 e. The number of β-amino-alcohol motifs (C(OH)–C–C–N with tert-alkyl or cyclic N) is 1. The first-order valence-electron chi connectivity index (χ1n) is 11.4. The Hall–Kier alpha value is -2.52. The number of fused-ring (bicyclic) bond motifs is 1. The predicted octanol–water partition coefficient (Wildman–Crippen LogP) is 4.90. The number of aromatic nitrogens is 2. The Labute approximate surface area is 215 Å². The van der Waals surface area contributed by atoms with Gasteiger partial charge in [-0.3, -0.25) is 4.90 Å². The van der Waals surface area contributed by atoms with Gasteiger partial charge in [0.1, 0.15) is 23.1 Å². The fraction of sp³-hybridized carbons (Fsp3) is 0.440. The highest BCUT2D eigenvalue weighted by atomic mass is 35.5. The van der Waals surface area contributed by atoms with Gasteiger partial charge in [0.15, 0.2) is 0 Å². The molecule has 35 heavy (non-hydrogen) atoms. The van der Waals surface area contributed by atoms with Gasteiger partial charge >= 0.3 is 6.09 Å². The number of halogens is 2. The zero-order valence-electron chi connectivity index (χ0n) is 20.3. The van der Waals surface area contributed by atoms with Crippen LogP contribution in [-0.2, 0) is 4.74 Å². The molecule has 1 saturated heterocycles. The van der Waals surface area contributed by atoms with E-state index in [1.807, 2.05) is 49.7 Å². The lowest BCUT2D eigenvalue weighted by Crippen LogP contribution is -2.50. The van der Waals surface area contributed by atoms with Crippen molar-refractivity contribution in [3.05, 3.63) is 52.4 Å². The molecule has 1 aromatic carbocycles. The van der Waals surface area contributed by atoms with Crippen molar-refractivity contribution in [1.82, 2.24) is 19.2 Å². The average molecular weight is 521 g/mol. The fourth-order valence-corrected chi connectivity index (χ4v) is 4.49. The summed E-state index contributed by atoms with van der Waals surface area (Å²) in [6.07, 6.45) is 2.61. The topological polar surface area (TPSA) is 79.5 Å². The van der Waals surface area contributed by atoms with Crippen LogP contribution in [0.3, 0.4) is 0 Å². The normalized spacial score (nSPS) is 15.9. The molecule has 1 N–H and O–H groups in total. The van der Waals surface area contributed by atoms with Crippen molar-refractivity contribution in [2.45, 2.75) is 32.5 Å². The van der Waals surface area contributed by atoms with Crippen LogP contribution < -0.4 is 4.74 Å². The van der Waals surface area contributed by atoms with Gasteiger partial charge in [0.2, 0.25) is 0 Å². The van der Waals surface area contributed by atoms with Gasteiger partial charge in [-0.1, -0.05) is 23.2 Å². The number of imidazole rings is 1. The van der Waals surface area contributed by atoms with E-state index in [0.29, 0.717) is 65.4 Å². The minimum atomic E-state index is -0.768. The van der Waals surface area contributed by atoms with Crippen molar-refractivity contribution in [3.63, 3.8) is 0 Å². The van der Waals surface area contributed by atoms with Gasteiger partial charge in [-0.15, -0.1) is 0 Å². The molecule has 0 radical (unpaired) electrons. The molecular formula is C25H30Cl2N4O4. The molecule has 3 aromatic rings. The molecule has 1 unspecified atom stereocenters. The van der Waals surface area contributed by atoms with Crippen LogP contribution in [0.25, 0.3) is 16.8 Å². The highest BCUT2D eigenvalue weighted by Gasteiger charge is 2.27. The Morgan fingerprint density at radius 2 is 1.89 bits per heavy atom. The number of aliphatic hydroxyl groups is 1. The molecule has 1 aliphatic rings. The predicted molar refractivity (Wildman–Crippen MR) is 136 cm³/mol. The molecular weight excluding hydrogens is 491 g/mol. The SMILES string of the molecule is COc1ccc(Cl)c(Cl)c1-c1ccn2cc(C(O)CN3CCN(C(=O)OC(C)(C)C)CC3)nc2c1. The molecule has 0 bridgehead atoms. The highest BCUT2D eigenvalue weighted by molar-refractivity contribution is 6.44. The van der Waals surface area contributed by atoms with Crippen LogP contribution in [0.15, 0.2) is 36.7 Å². The van der Waals surface area contributed by atoms with E-state index in [1.54, 1.807) is 24.1 Å². The number of aliphatic hydroxyl groups excluding tert-OH is 1. The van der Waals surface area contributed by atoms with Gasteiger partial charge in [-0.2, -0.15) is 0 Å². The summed E-state index contributed by atoms with van der Waals surface area (Å²) in [5.74, 6) is 0.612. The summed E-state index contributed by atoms with van der Waals surface area (Å²) < 4.78 is 12.8. The Bertz CT molecular complexity index is 1220. The lowest BCUT2D eigenvalue weighted by Gasteiger charge is -2.36. The molecule has 0 spiro atoms. The van der Waals surface area contributed by atoms with Crippen molar-refractivity contribution < 1.29 is 19.4 Å². The van der Waals surface area contributed by atoms with Crippen molar-refractivity contribution >= 4 is 34.9 Å². The van der Waals surface area contributed by atoms with Gasteiger partial charge in [-0.05, 0) is 50.6 Å². The maximum Gasteiger partial charge on any atom is 0.410 e. The summed E-state index contributed by atoms with van der Waals surface area (Å²) in [7, 11) is 1.58. The summed E-state index contributed by atoms with van der Waals surface area (Å²) in [5, 5.41) is 11.7. The van der Waals surface area contributed by atoms with Crippen LogP contribution in [0.2, 0.25) is 10.0 Å². The summed E-state index contributed by atoms with van der Waals surface area (Å²) >= 11 is 12.7. The van der Waals surface area contributed by atoms with Crippen LogP contribution >= 0.6 is 23.2 Å². The Morgan fingerprint density at radius 1 is 1.17 bits per heavy atom. The largest absolute Gasteiger partial charge is 0.496 e. The highest BCUT2D eigenvalue weighted by Crippen LogP contribution is 2.41. The number of hydrogen-bond donors (Lipinski definition) is 1. The third-order valence-electron chi connectivity index (χ3n) is 5.84. The number of methoxy groups -OCH3 is 1. The number of carbonyl (C=O) groups excluding carboxylic acids is 1. The Kier molecular flexibility index (Phi) is 7.47. The number of piperazine rings is 1. The summed E-state index contributed by atoms with van der Waals surface area (Å²) in [4.78, 5) is 20.7. The number of ether oxygens (including phenoxy) is 2. The van der Waals surface area contributed by atoms with Gasteiger partial charge in [-0.25, -0.2) is 9.78 Å². The van der Waals surface area contributed by atoms with Gasteiger partial charge in [0, 0.05) is 50.7 Å². The lowest BCUT2D eigenvalue weighted by atomic mass is 10.1. The first kappa shape index (κ1) is 25.6. The Balaban J connectivity index is 1.44. The second-order valence-corrected chi connectivity index (χ2v) is 10.4. The zero-order valence-corrected chi connectivity index (χ0v) is 21.8. The van der Waals surface area contributed by atoms with E-state index in [-0.39, 0.29) is 6.09 Å². The molecule has 1 atom stereocenters. The van der Waals surface area contributed by atoms with Crippen LogP contribution in [0.1, 0.15) is 32.6 Å². The number of rotatable bonds is 5. The van der Waals surface area contributed by atoms with E-state index < -0.39 is 11.7 Å². The quantitative estimate of drug-likeness (QED) is 0.515. The molecule has 188 valence electrons. The molecule has 3 heterocycles. The maximum absolute atomic E-state index is 12.3. The summed E-state index contributed by atoms with van der Waals surface area (Å²) in [6.45, 7) is 8.41. The number of benzene rings is 1. The number of nitrogens with zero attached hydrogens (tertiary/aromatic N) is 4. The van der Waals surface area contributed by atoms with Gasteiger partial charge < -0.3 is 23.9 Å². The van der Waals surface area contributed by atoms with E-state index in [0.717, 1.165) is 5.56 Å². The summed E-state index contributed by atoms with van der Waals surface area (Å²) in [6, 6.07) is 7.26. The van der Waals surface area contributed by atoms with E-state index in [2.05, 4.69) is 9.88 Å². The second-order valence-electron chi connectivity index (χ2n) is 9.57. The van der Waals surface area contributed by atoms with Crippen molar-refractivity contribution in [3.8, 4) is 16.9 Å². The molecule has 0 aliphatic carbocycles. The van der Waals surface area contributed by atoms with E-state index in [9.17, 15) is 9.90 Å². The van der Waals surface area contributed by atoms with E-state index in [4.69, 9.17) is 32.7 Å². The molecule has 2 aromatic heterocycles. The van der Waals surface area contributed by atoms with Crippen LogP contribution in [-0.4, -0.2) is 75.8 Å². The first-order valence-corrected chi connectivity index (χ1v) is 12.2. The van der Waals surface area contributed by atoms with E-state index >= 15 is 0 Å². The van der Waals surface area contributed by atoms with Crippen molar-refractivity contribution in [1.29, 1.82) is 0 Å². The third-order valence-corrected chi connectivity index (χ3v) is 6.64. The van der Waals surface area contributed by atoms with Crippen LogP contribution in [0.4, 0.5) is 4.79 Å². The average Bonchev–Trinajstić information content (AvgIpc) is 3.23. The molecule has 8 nitrogen and oxygen atoms in total. The molecule has 1 amide bonds. The number of carbonyl (C=O) groups is 1. The first-order chi connectivity index (χ1) is 16.6. The van der Waals surface area contributed by atoms with Crippen LogP contribution in [0.5, 0.6) is 5.75 Å². The van der Waals surface area contributed by atoms with Gasteiger partial charge in [0.25, 0.3) is 0 Å². The summed E-state index contributed by atoms with van der Waals surface area (Å²) in [5.41, 5.74) is 2.23.